The van der Waals surface area contributed by atoms with Crippen LogP contribution in [0.2, 0.25) is 0 Å². The van der Waals surface area contributed by atoms with Gasteiger partial charge in [0, 0.05) is 31.6 Å². The molecule has 0 radical (unpaired) electrons. The van der Waals surface area contributed by atoms with Gasteiger partial charge in [-0.05, 0) is 12.8 Å². The first-order valence-corrected chi connectivity index (χ1v) is 4.29. The summed E-state index contributed by atoms with van der Waals surface area (Å²) in [5.41, 5.74) is 0. The fourth-order valence-electron chi connectivity index (χ4n) is 0.976. The monoisotopic (exact) mass is 245 g/mol. The molecule has 0 bridgehead atoms. The largest absolute Gasteiger partial charge is 1.00 e. The van der Waals surface area contributed by atoms with Crippen molar-refractivity contribution in [2.45, 2.75) is 12.8 Å². The second kappa shape index (κ2) is 13.7. The molecule has 5 nitrogen and oxygen atoms in total. The molecular weight excluding hydrogens is 232 g/mol. The van der Waals surface area contributed by atoms with Crippen LogP contribution in [0, 0.1) is 0 Å². The van der Waals surface area contributed by atoms with Gasteiger partial charge >= 0.3 is 59.1 Å². The predicted octanol–water partition coefficient (Wildman–Crippen LogP) is -8.24. The van der Waals surface area contributed by atoms with Crippen LogP contribution in [0.3, 0.4) is 0 Å². The Bertz CT molecular complexity index is 206. The molecule has 0 aliphatic rings. The molecule has 0 aromatic heterocycles. The molecule has 80 valence electrons. The van der Waals surface area contributed by atoms with Gasteiger partial charge < -0.3 is 19.8 Å². The van der Waals surface area contributed by atoms with Crippen LogP contribution in [0.15, 0.2) is 12.7 Å². The van der Waals surface area contributed by atoms with Crippen molar-refractivity contribution in [1.29, 1.82) is 0 Å². The molecule has 16 heavy (non-hydrogen) atoms. The summed E-state index contributed by atoms with van der Waals surface area (Å²) in [6.45, 7) is 4.48. The van der Waals surface area contributed by atoms with Crippen LogP contribution in [0.25, 0.3) is 0 Å². The molecule has 0 aliphatic heterocycles. The van der Waals surface area contributed by atoms with E-state index >= 15 is 0 Å². The molecule has 0 aliphatic carbocycles. The van der Waals surface area contributed by atoms with Gasteiger partial charge in [-0.25, -0.2) is 0 Å². The summed E-state index contributed by atoms with van der Waals surface area (Å²) in [6, 6.07) is 0. The van der Waals surface area contributed by atoms with E-state index in [1.54, 1.807) is 11.0 Å². The van der Waals surface area contributed by atoms with Gasteiger partial charge in [-0.3, -0.25) is 4.90 Å². The maximum absolute atomic E-state index is 10.2. The number of hydrogen-bond acceptors (Lipinski definition) is 5. The van der Waals surface area contributed by atoms with E-state index < -0.39 is 11.9 Å². The molecule has 0 N–H and O–H groups in total. The van der Waals surface area contributed by atoms with Crippen molar-refractivity contribution in [1.82, 2.24) is 4.90 Å². The Balaban J connectivity index is -0.000000845. The molecule has 0 aromatic rings. The number of carbonyl (C=O) groups is 2. The Hall–Kier alpha value is 0.640. The Kier molecular flexibility index (Phi) is 18.7. The Labute approximate surface area is 139 Å². The van der Waals surface area contributed by atoms with Crippen LogP contribution in [0.4, 0.5) is 0 Å². The minimum Gasteiger partial charge on any atom is -0.550 e. The quantitative estimate of drug-likeness (QED) is 0.313. The molecule has 0 spiro atoms. The van der Waals surface area contributed by atoms with E-state index in [-0.39, 0.29) is 85.0 Å². The van der Waals surface area contributed by atoms with E-state index in [2.05, 4.69) is 6.58 Å². The first-order chi connectivity index (χ1) is 6.56. The van der Waals surface area contributed by atoms with Crippen LogP contribution < -0.4 is 69.3 Å². The minimum atomic E-state index is -1.15. The number of rotatable bonds is 8. The van der Waals surface area contributed by atoms with Crippen molar-refractivity contribution in [3.8, 4) is 0 Å². The molecule has 0 saturated heterocycles. The smallest absolute Gasteiger partial charge is 0.550 e. The maximum Gasteiger partial charge on any atom is 1.00 e. The molecular formula is C9H13NNa2O4. The first-order valence-electron chi connectivity index (χ1n) is 4.29. The SMILES string of the molecule is C=CCN(CCC(=O)[O-])CCC(=O)[O-].[Na+].[Na+]. The predicted molar refractivity (Wildman–Crippen MR) is 45.9 cm³/mol. The molecule has 0 atom stereocenters. The van der Waals surface area contributed by atoms with Gasteiger partial charge in [-0.1, -0.05) is 6.08 Å². The third-order valence-corrected chi connectivity index (χ3v) is 1.65. The summed E-state index contributed by atoms with van der Waals surface area (Å²) < 4.78 is 0. The van der Waals surface area contributed by atoms with Gasteiger partial charge in [0.05, 0.1) is 0 Å². The van der Waals surface area contributed by atoms with Gasteiger partial charge in [0.25, 0.3) is 0 Å². The average molecular weight is 245 g/mol. The second-order valence-corrected chi connectivity index (χ2v) is 2.83. The van der Waals surface area contributed by atoms with Crippen molar-refractivity contribution in [2.75, 3.05) is 19.6 Å². The molecule has 0 saturated carbocycles. The summed E-state index contributed by atoms with van der Waals surface area (Å²) in [6.07, 6.45) is 1.37. The van der Waals surface area contributed by atoms with E-state index in [4.69, 9.17) is 0 Å². The van der Waals surface area contributed by atoms with Crippen molar-refractivity contribution >= 4 is 11.9 Å². The third kappa shape index (κ3) is 14.6. The summed E-state index contributed by atoms with van der Waals surface area (Å²) in [5.74, 6) is -2.29. The molecule has 0 unspecified atom stereocenters. The summed E-state index contributed by atoms with van der Waals surface area (Å²) >= 11 is 0. The molecule has 0 rings (SSSR count). The Morgan fingerprint density at radius 3 is 1.69 bits per heavy atom. The number of aliphatic carboxylic acids is 2. The Morgan fingerprint density at radius 2 is 1.44 bits per heavy atom. The minimum absolute atomic E-state index is 0. The normalized spacial score (nSPS) is 8.81. The summed E-state index contributed by atoms with van der Waals surface area (Å²) in [4.78, 5) is 22.0. The molecule has 0 amide bonds. The van der Waals surface area contributed by atoms with Crippen molar-refractivity contribution in [3.05, 3.63) is 12.7 Å². The topological polar surface area (TPSA) is 83.5 Å². The van der Waals surface area contributed by atoms with E-state index in [0.29, 0.717) is 6.54 Å². The van der Waals surface area contributed by atoms with Gasteiger partial charge in [0.2, 0.25) is 0 Å². The zero-order chi connectivity index (χ0) is 11.0. The number of carbonyl (C=O) groups excluding carboxylic acids is 2. The zero-order valence-corrected chi connectivity index (χ0v) is 13.9. The first kappa shape index (κ1) is 21.9. The summed E-state index contributed by atoms with van der Waals surface area (Å²) in [7, 11) is 0. The molecule has 0 fully saturated rings. The third-order valence-electron chi connectivity index (χ3n) is 1.65. The maximum atomic E-state index is 10.2. The fourth-order valence-corrected chi connectivity index (χ4v) is 0.976. The Morgan fingerprint density at radius 1 is 1.06 bits per heavy atom. The fraction of sp³-hybridized carbons (Fsp3) is 0.556. The van der Waals surface area contributed by atoms with Crippen LogP contribution >= 0.6 is 0 Å². The summed E-state index contributed by atoms with van der Waals surface area (Å²) in [5, 5.41) is 20.3. The van der Waals surface area contributed by atoms with Crippen LogP contribution in [-0.4, -0.2) is 36.5 Å². The molecule has 7 heteroatoms. The van der Waals surface area contributed by atoms with Gasteiger partial charge in [-0.2, -0.15) is 0 Å². The van der Waals surface area contributed by atoms with Crippen LogP contribution in [0.5, 0.6) is 0 Å². The zero-order valence-electron chi connectivity index (χ0n) is 9.90. The van der Waals surface area contributed by atoms with E-state index in [0.717, 1.165) is 0 Å². The number of carboxylic acids is 2. The van der Waals surface area contributed by atoms with Crippen molar-refractivity contribution in [3.63, 3.8) is 0 Å². The second-order valence-electron chi connectivity index (χ2n) is 2.83. The molecule has 0 aromatic carbocycles. The molecule has 0 heterocycles. The van der Waals surface area contributed by atoms with E-state index in [1.807, 2.05) is 0 Å². The van der Waals surface area contributed by atoms with Gasteiger partial charge in [-0.15, -0.1) is 6.58 Å². The van der Waals surface area contributed by atoms with Gasteiger partial charge in [0.1, 0.15) is 0 Å². The van der Waals surface area contributed by atoms with E-state index in [9.17, 15) is 19.8 Å². The van der Waals surface area contributed by atoms with Crippen molar-refractivity contribution < 1.29 is 78.9 Å². The van der Waals surface area contributed by atoms with Crippen LogP contribution in [0.1, 0.15) is 12.8 Å². The van der Waals surface area contributed by atoms with Crippen LogP contribution in [-0.2, 0) is 9.59 Å². The number of carboxylic acid groups (broad SMARTS) is 2. The van der Waals surface area contributed by atoms with Crippen molar-refractivity contribution in [2.24, 2.45) is 0 Å². The van der Waals surface area contributed by atoms with Gasteiger partial charge in [0.15, 0.2) is 0 Å². The number of nitrogens with zero attached hydrogens (tertiary/aromatic N) is 1. The standard InChI is InChI=1S/C9H15NO4.2Na/c1-2-5-10(6-3-8(11)12)7-4-9(13)14;;/h2H,1,3-7H2,(H,11,12)(H,13,14);;/q;2*+1/p-2. The number of hydrogen-bond donors (Lipinski definition) is 0. The van der Waals surface area contributed by atoms with E-state index in [1.165, 1.54) is 0 Å². The average Bonchev–Trinajstić information content (AvgIpc) is 2.09.